The van der Waals surface area contributed by atoms with Crippen LogP contribution in [0.5, 0.6) is 0 Å². The van der Waals surface area contributed by atoms with Gasteiger partial charge in [-0.3, -0.25) is 0 Å². The van der Waals surface area contributed by atoms with E-state index in [2.05, 4.69) is 16.6 Å². The minimum absolute atomic E-state index is 0.336. The molecular weight excluding hydrogens is 225 g/mol. The van der Waals surface area contributed by atoms with Gasteiger partial charge < -0.3 is 4.74 Å². The predicted octanol–water partition coefficient (Wildman–Crippen LogP) is 2.87. The van der Waals surface area contributed by atoms with Gasteiger partial charge in [-0.2, -0.15) is 0 Å². The molecule has 0 N–H and O–H groups in total. The zero-order chi connectivity index (χ0) is 12.8. The lowest BCUT2D eigenvalue weighted by atomic mass is 10.2. The highest BCUT2D eigenvalue weighted by Crippen LogP contribution is 2.05. The van der Waals surface area contributed by atoms with Gasteiger partial charge in [0.15, 0.2) is 0 Å². The molecule has 0 radical (unpaired) electrons. The van der Waals surface area contributed by atoms with E-state index >= 15 is 0 Å². The summed E-state index contributed by atoms with van der Waals surface area (Å²) >= 11 is 0. The second kappa shape index (κ2) is 5.70. The van der Waals surface area contributed by atoms with Crippen LogP contribution in [0.1, 0.15) is 21.5 Å². The van der Waals surface area contributed by atoms with Crippen LogP contribution in [0.2, 0.25) is 0 Å². The van der Waals surface area contributed by atoms with Crippen LogP contribution in [0.4, 0.5) is 0 Å². The van der Waals surface area contributed by atoms with Crippen molar-refractivity contribution in [2.24, 2.45) is 0 Å². The Bertz CT molecular complexity index is 586. The fraction of sp³-hybridized carbons (Fsp3) is 0.0625. The smallest absolute Gasteiger partial charge is 0.337 e. The molecule has 2 heteroatoms. The normalized spacial score (nSPS) is 9.17. The zero-order valence-corrected chi connectivity index (χ0v) is 10.0. The Hall–Kier alpha value is -2.53. The summed E-state index contributed by atoms with van der Waals surface area (Å²) in [6.07, 6.45) is 0. The molecule has 0 aliphatic heterocycles. The van der Waals surface area contributed by atoms with Gasteiger partial charge in [-0.05, 0) is 36.4 Å². The Kier molecular flexibility index (Phi) is 3.78. The average molecular weight is 237 g/mol. The summed E-state index contributed by atoms with van der Waals surface area (Å²) < 4.78 is 4.63. The standard InChI is InChI=1S/C16H12O2/c1-18-16(17)15-11-9-14(10-12-15)8-7-13-5-3-2-4-6-13/h2-6,9-12H,1H3/i8+1. The molecule has 0 saturated carbocycles. The summed E-state index contributed by atoms with van der Waals surface area (Å²) in [5, 5.41) is 0. The number of rotatable bonds is 1. The zero-order valence-electron chi connectivity index (χ0n) is 10.0. The van der Waals surface area contributed by atoms with Crippen LogP contribution in [-0.2, 0) is 4.74 Å². The number of carbonyl (C=O) groups excluding carboxylic acids is 1. The van der Waals surface area contributed by atoms with Crippen LogP contribution < -0.4 is 0 Å². The first kappa shape index (κ1) is 11.9. The van der Waals surface area contributed by atoms with Gasteiger partial charge in [0, 0.05) is 11.1 Å². The molecule has 0 spiro atoms. The minimum atomic E-state index is -0.336. The maximum Gasteiger partial charge on any atom is 0.337 e. The molecule has 2 nitrogen and oxygen atoms in total. The molecule has 2 aromatic rings. The summed E-state index contributed by atoms with van der Waals surface area (Å²) in [6.45, 7) is 0. The van der Waals surface area contributed by atoms with E-state index in [0.29, 0.717) is 5.56 Å². The molecule has 0 bridgehead atoms. The van der Waals surface area contributed by atoms with Crippen molar-refractivity contribution in [3.8, 4) is 11.8 Å². The monoisotopic (exact) mass is 237 g/mol. The van der Waals surface area contributed by atoms with E-state index in [0.717, 1.165) is 11.1 Å². The van der Waals surface area contributed by atoms with Crippen molar-refractivity contribution in [2.75, 3.05) is 7.11 Å². The number of esters is 1. The molecule has 2 rings (SSSR count). The number of ether oxygens (including phenoxy) is 1. The Morgan fingerprint density at radius 2 is 1.44 bits per heavy atom. The summed E-state index contributed by atoms with van der Waals surface area (Å²) in [4.78, 5) is 11.2. The predicted molar refractivity (Wildman–Crippen MR) is 70.2 cm³/mol. The molecule has 0 fully saturated rings. The van der Waals surface area contributed by atoms with E-state index in [9.17, 15) is 4.79 Å². The number of benzene rings is 2. The molecule has 0 heterocycles. The lowest BCUT2D eigenvalue weighted by molar-refractivity contribution is 0.0601. The lowest BCUT2D eigenvalue weighted by Gasteiger charge is -1.98. The van der Waals surface area contributed by atoms with Gasteiger partial charge in [-0.15, -0.1) is 0 Å². The first-order valence-electron chi connectivity index (χ1n) is 5.55. The van der Waals surface area contributed by atoms with E-state index < -0.39 is 0 Å². The van der Waals surface area contributed by atoms with Gasteiger partial charge in [0.2, 0.25) is 0 Å². The van der Waals surface area contributed by atoms with Gasteiger partial charge in [0.1, 0.15) is 0 Å². The van der Waals surface area contributed by atoms with E-state index in [-0.39, 0.29) is 5.97 Å². The third-order valence-electron chi connectivity index (χ3n) is 2.43. The van der Waals surface area contributed by atoms with Gasteiger partial charge >= 0.3 is 5.97 Å². The average Bonchev–Trinajstić information content (AvgIpc) is 2.46. The molecule has 0 amide bonds. The van der Waals surface area contributed by atoms with Crippen LogP contribution in [0.25, 0.3) is 0 Å². The number of hydrogen-bond donors (Lipinski definition) is 0. The SMILES string of the molecule is COC(=O)c1ccc([13C]#Cc2ccccc2)cc1. The van der Waals surface area contributed by atoms with Crippen molar-refractivity contribution in [2.45, 2.75) is 0 Å². The van der Waals surface area contributed by atoms with Crippen LogP contribution in [-0.4, -0.2) is 13.1 Å². The molecule has 0 aromatic heterocycles. The highest BCUT2D eigenvalue weighted by atomic mass is 16.5. The maximum absolute atomic E-state index is 11.2. The largest absolute Gasteiger partial charge is 0.465 e. The van der Waals surface area contributed by atoms with E-state index in [1.54, 1.807) is 12.1 Å². The number of carbonyl (C=O) groups is 1. The highest BCUT2D eigenvalue weighted by molar-refractivity contribution is 5.89. The summed E-state index contributed by atoms with van der Waals surface area (Å²) in [5.74, 6) is 5.76. The Morgan fingerprint density at radius 3 is 2.00 bits per heavy atom. The van der Waals surface area contributed by atoms with Crippen molar-refractivity contribution < 1.29 is 9.53 Å². The Morgan fingerprint density at radius 1 is 0.889 bits per heavy atom. The maximum atomic E-state index is 11.2. The molecule has 0 atom stereocenters. The van der Waals surface area contributed by atoms with Crippen molar-refractivity contribution in [3.05, 3.63) is 71.3 Å². The van der Waals surface area contributed by atoms with Crippen LogP contribution in [0, 0.1) is 11.8 Å². The molecule has 0 unspecified atom stereocenters. The van der Waals surface area contributed by atoms with Crippen molar-refractivity contribution in [3.63, 3.8) is 0 Å². The number of hydrogen-bond acceptors (Lipinski definition) is 2. The fourth-order valence-electron chi connectivity index (χ4n) is 1.47. The number of methoxy groups -OCH3 is 1. The third-order valence-corrected chi connectivity index (χ3v) is 2.43. The quantitative estimate of drug-likeness (QED) is 0.433. The van der Waals surface area contributed by atoms with Crippen molar-refractivity contribution in [1.82, 2.24) is 0 Å². The Labute approximate surface area is 106 Å². The van der Waals surface area contributed by atoms with Crippen LogP contribution in [0.3, 0.4) is 0 Å². The van der Waals surface area contributed by atoms with Crippen LogP contribution >= 0.6 is 0 Å². The fourth-order valence-corrected chi connectivity index (χ4v) is 1.47. The summed E-state index contributed by atoms with van der Waals surface area (Å²) in [5.41, 5.74) is 2.36. The van der Waals surface area contributed by atoms with E-state index in [1.807, 2.05) is 42.5 Å². The summed E-state index contributed by atoms with van der Waals surface area (Å²) in [6, 6.07) is 16.8. The first-order chi connectivity index (χ1) is 8.79. The van der Waals surface area contributed by atoms with E-state index in [1.165, 1.54) is 7.11 Å². The molecule has 0 aliphatic carbocycles. The third kappa shape index (κ3) is 2.99. The van der Waals surface area contributed by atoms with Gasteiger partial charge in [-0.25, -0.2) is 4.79 Å². The molecule has 18 heavy (non-hydrogen) atoms. The van der Waals surface area contributed by atoms with Gasteiger partial charge in [-0.1, -0.05) is 30.0 Å². The molecule has 0 aliphatic rings. The molecule has 88 valence electrons. The highest BCUT2D eigenvalue weighted by Gasteiger charge is 2.02. The van der Waals surface area contributed by atoms with Gasteiger partial charge in [0.25, 0.3) is 0 Å². The molecular formula is C16H12O2. The van der Waals surface area contributed by atoms with Crippen LogP contribution in [0.15, 0.2) is 54.6 Å². The minimum Gasteiger partial charge on any atom is -0.465 e. The second-order valence-corrected chi connectivity index (χ2v) is 3.68. The second-order valence-electron chi connectivity index (χ2n) is 3.68. The van der Waals surface area contributed by atoms with Gasteiger partial charge in [0.05, 0.1) is 12.7 Å². The lowest BCUT2D eigenvalue weighted by Crippen LogP contribution is -2.00. The first-order valence-corrected chi connectivity index (χ1v) is 5.55. The topological polar surface area (TPSA) is 26.3 Å². The molecule has 2 aromatic carbocycles. The van der Waals surface area contributed by atoms with Crippen molar-refractivity contribution in [1.29, 1.82) is 0 Å². The summed E-state index contributed by atoms with van der Waals surface area (Å²) in [7, 11) is 1.37. The van der Waals surface area contributed by atoms with Crippen molar-refractivity contribution >= 4 is 5.97 Å². The Balaban J connectivity index is 2.17. The molecule has 0 saturated heterocycles. The van der Waals surface area contributed by atoms with E-state index in [4.69, 9.17) is 0 Å².